The Bertz CT molecular complexity index is 205. The zero-order valence-electron chi connectivity index (χ0n) is 4.69. The molecule has 3 heteroatoms. The van der Waals surface area contributed by atoms with Crippen molar-refractivity contribution in [2.45, 2.75) is 0 Å². The molecule has 0 aliphatic carbocycles. The molecule has 0 unspecified atom stereocenters. The molecule has 0 saturated carbocycles. The number of hydrogen-bond acceptors (Lipinski definition) is 2. The van der Waals surface area contributed by atoms with Crippen molar-refractivity contribution in [3.05, 3.63) is 30.1 Å². The summed E-state index contributed by atoms with van der Waals surface area (Å²) in [5.41, 5.74) is 0.556. The molecule has 0 aromatic carbocycles. The van der Waals surface area contributed by atoms with Crippen molar-refractivity contribution in [2.75, 3.05) is 0 Å². The maximum absolute atomic E-state index is 10.0. The van der Waals surface area contributed by atoms with Gasteiger partial charge in [-0.25, -0.2) is 0 Å². The second-order valence-corrected chi connectivity index (χ2v) is 1.63. The Morgan fingerprint density at radius 1 is 1.44 bits per heavy atom. The van der Waals surface area contributed by atoms with Gasteiger partial charge in [0.2, 0.25) is 12.4 Å². The summed E-state index contributed by atoms with van der Waals surface area (Å²) in [6.45, 7) is 0. The van der Waals surface area contributed by atoms with Crippen LogP contribution in [0.4, 0.5) is 0 Å². The van der Waals surface area contributed by atoms with Gasteiger partial charge < -0.3 is 0 Å². The van der Waals surface area contributed by atoms with Crippen LogP contribution < -0.4 is 4.73 Å². The van der Waals surface area contributed by atoms with Crippen LogP contribution in [-0.2, 0) is 0 Å². The summed E-state index contributed by atoms with van der Waals surface area (Å²) in [4.78, 5) is 10.0. The molecule has 0 saturated heterocycles. The minimum absolute atomic E-state index is 0.556. The summed E-state index contributed by atoms with van der Waals surface area (Å²) in [6, 6.07) is 3.04. The minimum atomic E-state index is 0.556. The average Bonchev–Trinajstić information content (AvgIpc) is 1.90. The summed E-state index contributed by atoms with van der Waals surface area (Å²) >= 11 is 0. The number of carbonyl (C=O) groups excluding carboxylic acids is 1. The third kappa shape index (κ3) is 1.25. The van der Waals surface area contributed by atoms with Crippen LogP contribution in [0.15, 0.2) is 24.5 Å². The van der Waals surface area contributed by atoms with Gasteiger partial charge in [0, 0.05) is 22.4 Å². The van der Waals surface area contributed by atoms with E-state index in [2.05, 4.69) is 0 Å². The largest absolute Gasteiger partial charge is 0.298 e. The fourth-order valence-electron chi connectivity index (χ4n) is 0.509. The van der Waals surface area contributed by atoms with Crippen LogP contribution in [-0.4, -0.2) is 11.5 Å². The monoisotopic (exact) mass is 124 g/mol. The van der Waals surface area contributed by atoms with E-state index in [1.807, 2.05) is 0 Å². The van der Waals surface area contributed by atoms with Crippen LogP contribution in [0.2, 0.25) is 0 Å². The van der Waals surface area contributed by atoms with Gasteiger partial charge in [-0.2, -0.15) is 0 Å². The van der Waals surface area contributed by atoms with Crippen LogP contribution in [0.5, 0.6) is 0 Å². The third-order valence-electron chi connectivity index (χ3n) is 0.976. The van der Waals surface area contributed by atoms with Crippen molar-refractivity contribution < 1.29 is 14.7 Å². The quantitative estimate of drug-likeness (QED) is 0.326. The molecule has 1 aromatic heterocycles. The predicted molar refractivity (Wildman–Crippen MR) is 29.2 cm³/mol. The fourth-order valence-corrected chi connectivity index (χ4v) is 0.509. The van der Waals surface area contributed by atoms with Crippen LogP contribution >= 0.6 is 0 Å². The normalized spacial score (nSPS) is 8.89. The van der Waals surface area contributed by atoms with Crippen LogP contribution in [0, 0.1) is 0 Å². The zero-order valence-corrected chi connectivity index (χ0v) is 4.69. The van der Waals surface area contributed by atoms with E-state index in [4.69, 9.17) is 5.21 Å². The highest BCUT2D eigenvalue weighted by Gasteiger charge is 1.93. The number of pyridine rings is 1. The molecule has 3 nitrogen and oxygen atoms in total. The molecule has 0 spiro atoms. The van der Waals surface area contributed by atoms with E-state index in [9.17, 15) is 4.79 Å². The highest BCUT2D eigenvalue weighted by atomic mass is 16.5. The Morgan fingerprint density at radius 2 is 2.00 bits per heavy atom. The van der Waals surface area contributed by atoms with Gasteiger partial charge in [-0.1, -0.05) is 0 Å². The predicted octanol–water partition coefficient (Wildman–Crippen LogP) is 0.0239. The van der Waals surface area contributed by atoms with E-state index in [1.54, 1.807) is 0 Å². The van der Waals surface area contributed by atoms with E-state index >= 15 is 0 Å². The zero-order chi connectivity index (χ0) is 6.69. The second kappa shape index (κ2) is 2.26. The van der Waals surface area contributed by atoms with Crippen molar-refractivity contribution in [3.63, 3.8) is 0 Å². The number of aromatic nitrogens is 1. The topological polar surface area (TPSA) is 41.2 Å². The van der Waals surface area contributed by atoms with Gasteiger partial charge in [0.05, 0.1) is 0 Å². The lowest BCUT2D eigenvalue weighted by Gasteiger charge is -1.81. The standard InChI is InChI=1S/C6H6NO2/c8-5-6-1-3-7(9)4-2-6/h1-5,9H/q+1. The second-order valence-electron chi connectivity index (χ2n) is 1.63. The molecule has 1 heterocycles. The molecule has 46 valence electrons. The van der Waals surface area contributed by atoms with Crippen molar-refractivity contribution in [1.82, 2.24) is 0 Å². The number of rotatable bonds is 1. The summed E-state index contributed by atoms with van der Waals surface area (Å²) in [6.07, 6.45) is 3.51. The fraction of sp³-hybridized carbons (Fsp3) is 0. The molecule has 1 rings (SSSR count). The number of carbonyl (C=O) groups is 1. The van der Waals surface area contributed by atoms with Gasteiger partial charge in [-0.15, -0.1) is 0 Å². The van der Waals surface area contributed by atoms with Crippen LogP contribution in [0.25, 0.3) is 0 Å². The first-order chi connectivity index (χ1) is 4.33. The maximum atomic E-state index is 10.0. The molecule has 1 aromatic rings. The lowest BCUT2D eigenvalue weighted by Crippen LogP contribution is -2.27. The highest BCUT2D eigenvalue weighted by molar-refractivity contribution is 5.73. The summed E-state index contributed by atoms with van der Waals surface area (Å²) in [5.74, 6) is 0. The molecule has 0 amide bonds. The first-order valence-corrected chi connectivity index (χ1v) is 2.48. The molecular weight excluding hydrogens is 118 g/mol. The van der Waals surface area contributed by atoms with E-state index in [0.717, 1.165) is 11.0 Å². The van der Waals surface area contributed by atoms with E-state index < -0.39 is 0 Å². The third-order valence-corrected chi connectivity index (χ3v) is 0.976. The summed E-state index contributed by atoms with van der Waals surface area (Å²) in [5, 5.41) is 8.65. The van der Waals surface area contributed by atoms with Gasteiger partial charge >= 0.3 is 0 Å². The summed E-state index contributed by atoms with van der Waals surface area (Å²) < 4.78 is 0.882. The molecule has 0 atom stereocenters. The molecule has 9 heavy (non-hydrogen) atoms. The Labute approximate surface area is 52.1 Å². The van der Waals surface area contributed by atoms with Crippen LogP contribution in [0.3, 0.4) is 0 Å². The van der Waals surface area contributed by atoms with Crippen molar-refractivity contribution in [2.24, 2.45) is 0 Å². The minimum Gasteiger partial charge on any atom is -0.298 e. The molecule has 0 radical (unpaired) electrons. The van der Waals surface area contributed by atoms with Crippen molar-refractivity contribution >= 4 is 6.29 Å². The molecular formula is C6H6NO2+. The van der Waals surface area contributed by atoms with Gasteiger partial charge in [-0.3, -0.25) is 10.0 Å². The number of nitrogens with zero attached hydrogens (tertiary/aromatic N) is 1. The molecule has 1 N–H and O–H groups in total. The van der Waals surface area contributed by atoms with Gasteiger partial charge in [0.15, 0.2) is 6.29 Å². The first-order valence-electron chi connectivity index (χ1n) is 2.48. The number of hydrogen-bond donors (Lipinski definition) is 1. The van der Waals surface area contributed by atoms with Crippen molar-refractivity contribution in [1.29, 1.82) is 0 Å². The average molecular weight is 124 g/mol. The summed E-state index contributed by atoms with van der Waals surface area (Å²) in [7, 11) is 0. The molecule has 0 bridgehead atoms. The lowest BCUT2D eigenvalue weighted by atomic mass is 10.3. The lowest BCUT2D eigenvalue weighted by molar-refractivity contribution is -0.904. The Hall–Kier alpha value is -1.38. The first kappa shape index (κ1) is 5.75. The maximum Gasteiger partial charge on any atom is 0.222 e. The molecule has 0 fully saturated rings. The molecule has 0 aliphatic rings. The van der Waals surface area contributed by atoms with E-state index in [0.29, 0.717) is 5.56 Å². The molecule has 0 aliphatic heterocycles. The van der Waals surface area contributed by atoms with E-state index in [1.165, 1.54) is 24.5 Å². The number of aldehydes is 1. The van der Waals surface area contributed by atoms with Gasteiger partial charge in [0.25, 0.3) is 0 Å². The van der Waals surface area contributed by atoms with Gasteiger partial charge in [0.1, 0.15) is 0 Å². The van der Waals surface area contributed by atoms with Crippen LogP contribution in [0.1, 0.15) is 10.4 Å². The highest BCUT2D eigenvalue weighted by Crippen LogP contribution is 1.86. The Morgan fingerprint density at radius 3 is 2.44 bits per heavy atom. The smallest absolute Gasteiger partial charge is 0.222 e. The Kier molecular flexibility index (Phi) is 1.44. The van der Waals surface area contributed by atoms with E-state index in [-0.39, 0.29) is 0 Å². The SMILES string of the molecule is O=Cc1cc[n+](O)cc1. The van der Waals surface area contributed by atoms with Crippen molar-refractivity contribution in [3.8, 4) is 0 Å². The van der Waals surface area contributed by atoms with Gasteiger partial charge in [-0.05, 0) is 0 Å². The Balaban J connectivity index is 3.01.